The summed E-state index contributed by atoms with van der Waals surface area (Å²) in [6.07, 6.45) is 7.16. The van der Waals surface area contributed by atoms with Crippen LogP contribution in [0.1, 0.15) is 50.8 Å². The van der Waals surface area contributed by atoms with Gasteiger partial charge in [-0.2, -0.15) is 5.10 Å². The van der Waals surface area contributed by atoms with Crippen LogP contribution < -0.4 is 5.32 Å². The highest BCUT2D eigenvalue weighted by atomic mass is 35.5. The van der Waals surface area contributed by atoms with Crippen molar-refractivity contribution in [2.75, 3.05) is 13.2 Å². The monoisotopic (exact) mass is 285 g/mol. The number of aromatic nitrogens is 2. The Labute approximate surface area is 120 Å². The molecule has 1 aromatic heterocycles. The number of nitrogens with zero attached hydrogens (tertiary/aromatic N) is 2. The standard InChI is InChI=1S/C14H24ClN3O/c1-3-7-16-14(10-19)6-4-5-12(8-14)18-9-13(15)11(2)17-18/h9,12,16,19H,3-8,10H2,1-2H3. The van der Waals surface area contributed by atoms with E-state index in [0.717, 1.165) is 49.4 Å². The molecule has 0 bridgehead atoms. The predicted octanol–water partition coefficient (Wildman–Crippen LogP) is 2.69. The van der Waals surface area contributed by atoms with Crippen molar-refractivity contribution in [2.45, 2.75) is 57.5 Å². The summed E-state index contributed by atoms with van der Waals surface area (Å²) in [6, 6.07) is 0.330. The SMILES string of the molecule is CCCNC1(CO)CCCC(n2cc(Cl)c(C)n2)C1. The van der Waals surface area contributed by atoms with E-state index in [2.05, 4.69) is 17.3 Å². The molecule has 0 spiro atoms. The first-order valence-corrected chi connectivity index (χ1v) is 7.55. The number of rotatable bonds is 5. The second kappa shape index (κ2) is 6.25. The molecule has 2 atom stereocenters. The molecule has 1 saturated carbocycles. The van der Waals surface area contributed by atoms with Gasteiger partial charge in [0.1, 0.15) is 0 Å². The lowest BCUT2D eigenvalue weighted by Gasteiger charge is -2.40. The van der Waals surface area contributed by atoms with E-state index in [1.807, 2.05) is 17.8 Å². The highest BCUT2D eigenvalue weighted by Gasteiger charge is 2.36. The summed E-state index contributed by atoms with van der Waals surface area (Å²) in [5.74, 6) is 0. The van der Waals surface area contributed by atoms with Crippen molar-refractivity contribution >= 4 is 11.6 Å². The van der Waals surface area contributed by atoms with E-state index < -0.39 is 0 Å². The Hall–Kier alpha value is -0.580. The maximum Gasteiger partial charge on any atom is 0.0815 e. The molecule has 108 valence electrons. The van der Waals surface area contributed by atoms with Gasteiger partial charge < -0.3 is 10.4 Å². The molecule has 19 heavy (non-hydrogen) atoms. The second-order valence-corrected chi connectivity index (χ2v) is 6.07. The smallest absolute Gasteiger partial charge is 0.0815 e. The summed E-state index contributed by atoms with van der Waals surface area (Å²) in [7, 11) is 0. The van der Waals surface area contributed by atoms with Crippen molar-refractivity contribution in [2.24, 2.45) is 0 Å². The highest BCUT2D eigenvalue weighted by Crippen LogP contribution is 2.35. The summed E-state index contributed by atoms with van der Waals surface area (Å²) in [5.41, 5.74) is 0.731. The Morgan fingerprint density at radius 3 is 3.00 bits per heavy atom. The summed E-state index contributed by atoms with van der Waals surface area (Å²) < 4.78 is 1.98. The summed E-state index contributed by atoms with van der Waals surface area (Å²) in [5, 5.41) is 18.5. The van der Waals surface area contributed by atoms with E-state index in [0.29, 0.717) is 6.04 Å². The van der Waals surface area contributed by atoms with E-state index in [-0.39, 0.29) is 12.1 Å². The van der Waals surface area contributed by atoms with E-state index >= 15 is 0 Å². The molecular formula is C14H24ClN3O. The van der Waals surface area contributed by atoms with Crippen LogP contribution in [0.5, 0.6) is 0 Å². The topological polar surface area (TPSA) is 50.1 Å². The van der Waals surface area contributed by atoms with Crippen molar-refractivity contribution in [1.29, 1.82) is 0 Å². The molecule has 4 nitrogen and oxygen atoms in total. The van der Waals surface area contributed by atoms with Gasteiger partial charge in [0, 0.05) is 11.7 Å². The molecule has 1 aliphatic rings. The zero-order chi connectivity index (χ0) is 13.9. The second-order valence-electron chi connectivity index (χ2n) is 5.66. The van der Waals surface area contributed by atoms with Gasteiger partial charge in [-0.3, -0.25) is 4.68 Å². The lowest BCUT2D eigenvalue weighted by Crippen LogP contribution is -2.52. The molecule has 5 heteroatoms. The molecule has 0 aromatic carbocycles. The van der Waals surface area contributed by atoms with Gasteiger partial charge in [0.25, 0.3) is 0 Å². The minimum absolute atomic E-state index is 0.148. The van der Waals surface area contributed by atoms with E-state index in [9.17, 15) is 5.11 Å². The average molecular weight is 286 g/mol. The van der Waals surface area contributed by atoms with Gasteiger partial charge in [-0.1, -0.05) is 18.5 Å². The fourth-order valence-electron chi connectivity index (χ4n) is 2.95. The Kier molecular flexibility index (Phi) is 4.87. The minimum Gasteiger partial charge on any atom is -0.394 e. The maximum absolute atomic E-state index is 9.77. The van der Waals surface area contributed by atoms with Gasteiger partial charge in [-0.25, -0.2) is 0 Å². The number of hydrogen-bond acceptors (Lipinski definition) is 3. The van der Waals surface area contributed by atoms with E-state index in [4.69, 9.17) is 11.6 Å². The predicted molar refractivity (Wildman–Crippen MR) is 77.6 cm³/mol. The first kappa shape index (κ1) is 14.8. The number of nitrogens with one attached hydrogen (secondary N) is 1. The molecular weight excluding hydrogens is 262 g/mol. The van der Waals surface area contributed by atoms with Gasteiger partial charge in [-0.05, 0) is 45.6 Å². The first-order valence-electron chi connectivity index (χ1n) is 7.17. The first-order chi connectivity index (χ1) is 9.10. The van der Waals surface area contributed by atoms with Crippen LogP contribution in [0.15, 0.2) is 6.20 Å². The van der Waals surface area contributed by atoms with E-state index in [1.165, 1.54) is 0 Å². The lowest BCUT2D eigenvalue weighted by molar-refractivity contribution is 0.0946. The fourth-order valence-corrected chi connectivity index (χ4v) is 3.09. The normalized spacial score (nSPS) is 27.7. The lowest BCUT2D eigenvalue weighted by atomic mass is 9.79. The molecule has 0 radical (unpaired) electrons. The van der Waals surface area contributed by atoms with Gasteiger partial charge in [0.05, 0.1) is 23.4 Å². The molecule has 1 heterocycles. The third kappa shape index (κ3) is 3.30. The van der Waals surface area contributed by atoms with Gasteiger partial charge in [0.2, 0.25) is 0 Å². The Morgan fingerprint density at radius 1 is 1.63 bits per heavy atom. The van der Waals surface area contributed by atoms with Gasteiger partial charge in [0.15, 0.2) is 0 Å². The van der Waals surface area contributed by atoms with Crippen LogP contribution in [-0.2, 0) is 0 Å². The Bertz CT molecular complexity index is 401. The zero-order valence-corrected chi connectivity index (χ0v) is 12.6. The Balaban J connectivity index is 2.10. The van der Waals surface area contributed by atoms with Crippen molar-refractivity contribution in [1.82, 2.24) is 15.1 Å². The van der Waals surface area contributed by atoms with Crippen LogP contribution in [0.3, 0.4) is 0 Å². The Morgan fingerprint density at radius 2 is 2.42 bits per heavy atom. The fraction of sp³-hybridized carbons (Fsp3) is 0.786. The molecule has 0 aliphatic heterocycles. The number of aryl methyl sites for hydroxylation is 1. The van der Waals surface area contributed by atoms with Crippen LogP contribution in [0, 0.1) is 6.92 Å². The van der Waals surface area contributed by atoms with Crippen LogP contribution in [-0.4, -0.2) is 33.6 Å². The van der Waals surface area contributed by atoms with Crippen LogP contribution in [0.2, 0.25) is 5.02 Å². The highest BCUT2D eigenvalue weighted by molar-refractivity contribution is 6.31. The summed E-state index contributed by atoms with van der Waals surface area (Å²) in [6.45, 7) is 5.22. The average Bonchev–Trinajstić information content (AvgIpc) is 2.77. The van der Waals surface area contributed by atoms with Crippen LogP contribution in [0.4, 0.5) is 0 Å². The summed E-state index contributed by atoms with van der Waals surface area (Å²) in [4.78, 5) is 0. The van der Waals surface area contributed by atoms with Gasteiger partial charge >= 0.3 is 0 Å². The number of hydrogen-bond donors (Lipinski definition) is 2. The van der Waals surface area contributed by atoms with Crippen molar-refractivity contribution in [3.63, 3.8) is 0 Å². The van der Waals surface area contributed by atoms with Crippen molar-refractivity contribution in [3.05, 3.63) is 16.9 Å². The zero-order valence-electron chi connectivity index (χ0n) is 11.8. The molecule has 2 rings (SSSR count). The summed E-state index contributed by atoms with van der Waals surface area (Å²) >= 11 is 6.09. The third-order valence-electron chi connectivity index (χ3n) is 4.10. The van der Waals surface area contributed by atoms with Gasteiger partial charge in [-0.15, -0.1) is 0 Å². The third-order valence-corrected chi connectivity index (χ3v) is 4.47. The number of halogens is 1. The minimum atomic E-state index is -0.148. The van der Waals surface area contributed by atoms with Crippen molar-refractivity contribution in [3.8, 4) is 0 Å². The molecule has 1 aliphatic carbocycles. The van der Waals surface area contributed by atoms with Crippen LogP contribution in [0.25, 0.3) is 0 Å². The van der Waals surface area contributed by atoms with Crippen molar-refractivity contribution < 1.29 is 5.11 Å². The number of aliphatic hydroxyl groups is 1. The number of aliphatic hydroxyl groups excluding tert-OH is 1. The van der Waals surface area contributed by atoms with Crippen LogP contribution >= 0.6 is 11.6 Å². The molecule has 0 saturated heterocycles. The molecule has 1 fully saturated rings. The maximum atomic E-state index is 9.77. The quantitative estimate of drug-likeness (QED) is 0.874. The molecule has 1 aromatic rings. The molecule has 2 N–H and O–H groups in total. The molecule has 0 amide bonds. The molecule has 2 unspecified atom stereocenters. The van der Waals surface area contributed by atoms with E-state index in [1.54, 1.807) is 0 Å². The largest absolute Gasteiger partial charge is 0.394 e.